The Hall–Kier alpha value is 0.160. The van der Waals surface area contributed by atoms with Gasteiger partial charge in [0.1, 0.15) is 6.61 Å². The minimum atomic E-state index is -0.0199. The highest BCUT2D eigenvalue weighted by Crippen LogP contribution is 1.88. The summed E-state index contributed by atoms with van der Waals surface area (Å²) in [5.41, 5.74) is 0. The zero-order valence-electron chi connectivity index (χ0n) is 7.60. The number of amides is 1. The van der Waals surface area contributed by atoms with E-state index in [0.717, 1.165) is 17.4 Å². The Morgan fingerprint density at radius 2 is 2.25 bits per heavy atom. The molecule has 0 bridgehead atoms. The molecule has 3 nitrogen and oxygen atoms in total. The normalized spacial score (nSPS) is 10.3. The molecule has 4 heteroatoms. The molecule has 0 atom stereocenters. The van der Waals surface area contributed by atoms with E-state index in [1.165, 1.54) is 0 Å². The number of rotatable bonds is 6. The molecule has 0 aromatic rings. The van der Waals surface area contributed by atoms with Gasteiger partial charge in [0.2, 0.25) is 5.91 Å². The van der Waals surface area contributed by atoms with Crippen LogP contribution in [0.4, 0.5) is 0 Å². The molecule has 0 aliphatic carbocycles. The van der Waals surface area contributed by atoms with Crippen molar-refractivity contribution in [3.8, 4) is 0 Å². The van der Waals surface area contributed by atoms with Crippen LogP contribution in [0.15, 0.2) is 0 Å². The molecule has 12 heavy (non-hydrogen) atoms. The van der Waals surface area contributed by atoms with Gasteiger partial charge in [0, 0.05) is 11.0 Å². The fourth-order valence-electron chi connectivity index (χ4n) is 0.588. The second kappa shape index (κ2) is 7.79. The van der Waals surface area contributed by atoms with E-state index in [4.69, 9.17) is 4.74 Å². The number of carbonyl (C=O) groups excluding carboxylic acids is 1. The van der Waals surface area contributed by atoms with Crippen molar-refractivity contribution < 1.29 is 9.53 Å². The van der Waals surface area contributed by atoms with Crippen LogP contribution in [-0.2, 0) is 9.53 Å². The number of hydrogen-bond acceptors (Lipinski definition) is 2. The number of alkyl halides is 1. The topological polar surface area (TPSA) is 38.3 Å². The Balaban J connectivity index is 3.22. The first kappa shape index (κ1) is 12.2. The molecule has 0 aromatic carbocycles. The van der Waals surface area contributed by atoms with E-state index in [0.29, 0.717) is 0 Å². The van der Waals surface area contributed by atoms with Gasteiger partial charge < -0.3 is 10.1 Å². The van der Waals surface area contributed by atoms with Crippen LogP contribution >= 0.6 is 22.6 Å². The second-order valence-electron chi connectivity index (χ2n) is 2.75. The molecule has 0 aromatic heterocycles. The second-order valence-corrected chi connectivity index (χ2v) is 3.83. The number of nitrogens with one attached hydrogen (secondary N) is 1. The van der Waals surface area contributed by atoms with Crippen LogP contribution in [0, 0.1) is 0 Å². The predicted octanol–water partition coefficient (Wildman–Crippen LogP) is 1.35. The van der Waals surface area contributed by atoms with Gasteiger partial charge >= 0.3 is 0 Å². The Morgan fingerprint density at radius 1 is 1.58 bits per heavy atom. The fraction of sp³-hybridized carbons (Fsp3) is 0.875. The third-order valence-corrected chi connectivity index (χ3v) is 1.94. The maximum Gasteiger partial charge on any atom is 0.246 e. The monoisotopic (exact) mass is 285 g/mol. The van der Waals surface area contributed by atoms with E-state index < -0.39 is 0 Å². The lowest BCUT2D eigenvalue weighted by Crippen LogP contribution is -2.29. The van der Waals surface area contributed by atoms with Crippen molar-refractivity contribution in [2.75, 3.05) is 17.6 Å². The third-order valence-electron chi connectivity index (χ3n) is 1.18. The zero-order chi connectivity index (χ0) is 9.40. The maximum atomic E-state index is 11.0. The molecule has 0 radical (unpaired) electrons. The molecule has 0 unspecified atom stereocenters. The van der Waals surface area contributed by atoms with Crippen molar-refractivity contribution in [2.24, 2.45) is 0 Å². The number of ether oxygens (including phenoxy) is 1. The van der Waals surface area contributed by atoms with Crippen LogP contribution in [0.25, 0.3) is 0 Å². The largest absolute Gasteiger partial charge is 0.369 e. The van der Waals surface area contributed by atoms with Crippen molar-refractivity contribution in [3.05, 3.63) is 0 Å². The van der Waals surface area contributed by atoms with E-state index in [1.54, 1.807) is 0 Å². The van der Waals surface area contributed by atoms with Gasteiger partial charge in [-0.1, -0.05) is 22.6 Å². The van der Waals surface area contributed by atoms with Crippen molar-refractivity contribution in [2.45, 2.75) is 26.4 Å². The average Bonchev–Trinajstić information content (AvgIpc) is 2.01. The molecule has 0 fully saturated rings. The first-order chi connectivity index (χ1) is 5.66. The van der Waals surface area contributed by atoms with Crippen LogP contribution in [0.2, 0.25) is 0 Å². The summed E-state index contributed by atoms with van der Waals surface area (Å²) >= 11 is 2.28. The lowest BCUT2D eigenvalue weighted by atomic mass is 10.4. The van der Waals surface area contributed by atoms with Gasteiger partial charge in [0.25, 0.3) is 0 Å². The van der Waals surface area contributed by atoms with E-state index in [-0.39, 0.29) is 18.6 Å². The molecule has 0 saturated carbocycles. The first-order valence-electron chi connectivity index (χ1n) is 4.11. The summed E-state index contributed by atoms with van der Waals surface area (Å²) in [7, 11) is 0. The molecule has 72 valence electrons. The van der Waals surface area contributed by atoms with Crippen LogP contribution in [0.5, 0.6) is 0 Å². The smallest absolute Gasteiger partial charge is 0.246 e. The molecule has 0 aliphatic heterocycles. The summed E-state index contributed by atoms with van der Waals surface area (Å²) in [5, 5.41) is 2.77. The highest BCUT2D eigenvalue weighted by molar-refractivity contribution is 14.1. The SMILES string of the molecule is CC(C)OCC(=O)NCCCI. The molecule has 0 heterocycles. The van der Waals surface area contributed by atoms with Crippen molar-refractivity contribution >= 4 is 28.5 Å². The molecule has 1 N–H and O–H groups in total. The van der Waals surface area contributed by atoms with Crippen LogP contribution in [-0.4, -0.2) is 29.6 Å². The summed E-state index contributed by atoms with van der Waals surface area (Å²) in [6, 6.07) is 0. The third kappa shape index (κ3) is 8.26. The van der Waals surface area contributed by atoms with E-state index in [1.807, 2.05) is 13.8 Å². The highest BCUT2D eigenvalue weighted by Gasteiger charge is 2.01. The Morgan fingerprint density at radius 3 is 2.75 bits per heavy atom. The van der Waals surface area contributed by atoms with Crippen molar-refractivity contribution in [3.63, 3.8) is 0 Å². The van der Waals surface area contributed by atoms with Crippen molar-refractivity contribution in [1.82, 2.24) is 5.32 Å². The number of carbonyl (C=O) groups is 1. The lowest BCUT2D eigenvalue weighted by molar-refractivity contribution is -0.127. The maximum absolute atomic E-state index is 11.0. The summed E-state index contributed by atoms with van der Waals surface area (Å²) in [6.45, 7) is 4.76. The average molecular weight is 285 g/mol. The Kier molecular flexibility index (Phi) is 7.89. The van der Waals surface area contributed by atoms with E-state index in [2.05, 4.69) is 27.9 Å². The molecule has 0 saturated heterocycles. The van der Waals surface area contributed by atoms with E-state index >= 15 is 0 Å². The first-order valence-corrected chi connectivity index (χ1v) is 5.63. The van der Waals surface area contributed by atoms with Gasteiger partial charge in [-0.2, -0.15) is 0 Å². The van der Waals surface area contributed by atoms with Crippen molar-refractivity contribution in [1.29, 1.82) is 0 Å². The molecular formula is C8H16INO2. The molecule has 0 spiro atoms. The number of halogens is 1. The highest BCUT2D eigenvalue weighted by atomic mass is 127. The molecule has 1 amide bonds. The van der Waals surface area contributed by atoms with Gasteiger partial charge in [0.15, 0.2) is 0 Å². The molecule has 0 aliphatic rings. The fourth-order valence-corrected chi connectivity index (χ4v) is 0.969. The summed E-state index contributed by atoms with van der Waals surface area (Å²) in [4.78, 5) is 11.0. The quantitative estimate of drug-likeness (QED) is 0.454. The minimum absolute atomic E-state index is 0.0199. The van der Waals surface area contributed by atoms with Gasteiger partial charge in [-0.15, -0.1) is 0 Å². The van der Waals surface area contributed by atoms with Crippen LogP contribution < -0.4 is 5.32 Å². The molecular weight excluding hydrogens is 269 g/mol. The van der Waals surface area contributed by atoms with Gasteiger partial charge in [-0.25, -0.2) is 0 Å². The number of hydrogen-bond donors (Lipinski definition) is 1. The van der Waals surface area contributed by atoms with Gasteiger partial charge in [0.05, 0.1) is 6.10 Å². The minimum Gasteiger partial charge on any atom is -0.369 e. The predicted molar refractivity (Wildman–Crippen MR) is 57.6 cm³/mol. The summed E-state index contributed by atoms with van der Waals surface area (Å²) < 4.78 is 6.19. The summed E-state index contributed by atoms with van der Waals surface area (Å²) in [5.74, 6) is -0.0199. The Labute approximate surface area is 87.4 Å². The zero-order valence-corrected chi connectivity index (χ0v) is 9.76. The summed E-state index contributed by atoms with van der Waals surface area (Å²) in [6.07, 6.45) is 1.15. The van der Waals surface area contributed by atoms with Gasteiger partial charge in [-0.05, 0) is 20.3 Å². The Bertz CT molecular complexity index is 128. The standard InChI is InChI=1S/C8H16INO2/c1-7(2)12-6-8(11)10-5-3-4-9/h7H,3-6H2,1-2H3,(H,10,11). The van der Waals surface area contributed by atoms with Crippen LogP contribution in [0.1, 0.15) is 20.3 Å². The van der Waals surface area contributed by atoms with E-state index in [9.17, 15) is 4.79 Å². The van der Waals surface area contributed by atoms with Gasteiger partial charge in [-0.3, -0.25) is 4.79 Å². The molecule has 0 rings (SSSR count). The van der Waals surface area contributed by atoms with Crippen LogP contribution in [0.3, 0.4) is 0 Å². The lowest BCUT2D eigenvalue weighted by Gasteiger charge is -2.07.